The first-order valence-electron chi connectivity index (χ1n) is 10.6. The number of carbonyl (C=O) groups is 2. The Morgan fingerprint density at radius 2 is 1.93 bits per heavy atom. The molecule has 2 bridgehead atoms. The van der Waals surface area contributed by atoms with Crippen LogP contribution in [0, 0.1) is 17.3 Å². The maximum absolute atomic E-state index is 12.9. The van der Waals surface area contributed by atoms with E-state index in [-0.39, 0.29) is 19.4 Å². The maximum Gasteiger partial charge on any atom is 0.312 e. The molecule has 0 saturated heterocycles. The number of ether oxygens (including phenoxy) is 2. The molecule has 170 valence electrons. The van der Waals surface area contributed by atoms with Crippen LogP contribution in [0.3, 0.4) is 0 Å². The van der Waals surface area contributed by atoms with Crippen molar-refractivity contribution in [1.29, 1.82) is 0 Å². The molecule has 0 heterocycles. The molecule has 2 saturated carbocycles. The number of aliphatic hydroxyl groups excluding tert-OH is 2. The van der Waals surface area contributed by atoms with Gasteiger partial charge in [0.05, 0.1) is 30.8 Å². The number of hydrogen-bond donors (Lipinski definition) is 3. The molecule has 0 radical (unpaired) electrons. The Kier molecular flexibility index (Phi) is 7.88. The lowest BCUT2D eigenvalue weighted by atomic mass is 9.63. The number of esters is 2. The number of hydrogen-bond acceptors (Lipinski definition) is 7. The van der Waals surface area contributed by atoms with Gasteiger partial charge in [0.25, 0.3) is 0 Å². The minimum absolute atomic E-state index is 0.0360. The molecular formula is C23H36O7. The highest BCUT2D eigenvalue weighted by molar-refractivity contribution is 5.75. The van der Waals surface area contributed by atoms with E-state index in [0.717, 1.165) is 0 Å². The SMILES string of the molecule is C=C(C)C(O)CC=C(COC(C)=O)[C@H]1CC[C@@]2(C)C[C@](O)(CC[C@H]2O)[C@@H]1C(=O)OC. The first-order valence-corrected chi connectivity index (χ1v) is 10.6. The molecule has 30 heavy (non-hydrogen) atoms. The van der Waals surface area contributed by atoms with Crippen molar-refractivity contribution in [2.24, 2.45) is 17.3 Å². The van der Waals surface area contributed by atoms with E-state index in [1.807, 2.05) is 6.92 Å². The van der Waals surface area contributed by atoms with Crippen molar-refractivity contribution in [3.63, 3.8) is 0 Å². The maximum atomic E-state index is 12.9. The number of rotatable bonds is 7. The molecule has 0 amide bonds. The van der Waals surface area contributed by atoms with Crippen molar-refractivity contribution in [2.75, 3.05) is 13.7 Å². The normalized spacial score (nSPS) is 35.2. The van der Waals surface area contributed by atoms with E-state index in [4.69, 9.17) is 9.47 Å². The second-order valence-electron chi connectivity index (χ2n) is 9.29. The van der Waals surface area contributed by atoms with Crippen molar-refractivity contribution in [2.45, 2.75) is 77.1 Å². The highest BCUT2D eigenvalue weighted by atomic mass is 16.5. The Morgan fingerprint density at radius 3 is 2.50 bits per heavy atom. The van der Waals surface area contributed by atoms with Gasteiger partial charge in [0, 0.05) is 6.92 Å². The summed E-state index contributed by atoms with van der Waals surface area (Å²) in [7, 11) is 1.30. The van der Waals surface area contributed by atoms with Gasteiger partial charge in [-0.25, -0.2) is 0 Å². The molecule has 0 aromatic heterocycles. The number of methoxy groups -OCH3 is 1. The van der Waals surface area contributed by atoms with Gasteiger partial charge in [-0.1, -0.05) is 25.2 Å². The molecule has 0 aliphatic heterocycles. The predicted octanol–water partition coefficient (Wildman–Crippen LogP) is 2.28. The van der Waals surface area contributed by atoms with Crippen molar-refractivity contribution >= 4 is 11.9 Å². The third kappa shape index (κ3) is 5.31. The lowest BCUT2D eigenvalue weighted by Crippen LogP contribution is -2.53. The van der Waals surface area contributed by atoms with Gasteiger partial charge in [0.1, 0.15) is 6.61 Å². The molecule has 3 N–H and O–H groups in total. The van der Waals surface area contributed by atoms with Gasteiger partial charge < -0.3 is 24.8 Å². The van der Waals surface area contributed by atoms with Crippen molar-refractivity contribution < 1.29 is 34.4 Å². The summed E-state index contributed by atoms with van der Waals surface area (Å²) in [6.45, 7) is 8.70. The van der Waals surface area contributed by atoms with Crippen LogP contribution in [0.4, 0.5) is 0 Å². The van der Waals surface area contributed by atoms with Gasteiger partial charge >= 0.3 is 11.9 Å². The fourth-order valence-corrected chi connectivity index (χ4v) is 5.06. The first-order chi connectivity index (χ1) is 13.9. The van der Waals surface area contributed by atoms with E-state index in [0.29, 0.717) is 36.8 Å². The molecule has 6 atom stereocenters. The highest BCUT2D eigenvalue weighted by Crippen LogP contribution is 2.54. The highest BCUT2D eigenvalue weighted by Gasteiger charge is 2.57. The minimum Gasteiger partial charge on any atom is -0.469 e. The van der Waals surface area contributed by atoms with Crippen LogP contribution in [0.2, 0.25) is 0 Å². The molecule has 7 nitrogen and oxygen atoms in total. The minimum atomic E-state index is -1.33. The second-order valence-corrected chi connectivity index (χ2v) is 9.29. The molecule has 0 spiro atoms. The van der Waals surface area contributed by atoms with Crippen LogP contribution >= 0.6 is 0 Å². The van der Waals surface area contributed by atoms with Crippen molar-refractivity contribution in [3.8, 4) is 0 Å². The van der Waals surface area contributed by atoms with Crippen LogP contribution < -0.4 is 0 Å². The van der Waals surface area contributed by atoms with Crippen LogP contribution in [0.15, 0.2) is 23.8 Å². The summed E-state index contributed by atoms with van der Waals surface area (Å²) < 4.78 is 10.3. The number of fused-ring (bicyclic) bond motifs is 2. The Morgan fingerprint density at radius 1 is 1.27 bits per heavy atom. The van der Waals surface area contributed by atoms with Crippen LogP contribution in [-0.4, -0.2) is 58.8 Å². The number of carbonyl (C=O) groups excluding carboxylic acids is 2. The Bertz CT molecular complexity index is 700. The Balaban J connectivity index is 2.48. The molecule has 0 aromatic carbocycles. The largest absolute Gasteiger partial charge is 0.469 e. The standard InChI is InChI=1S/C23H36O7/c1-14(2)18(25)7-6-16(12-30-15(3)24)17-8-10-22(4)13-23(28,11-9-19(22)26)20(17)21(27)29-5/h6,17-20,25-26,28H,1,7-13H2,2-5H3/t17-,18?,19-,20+,22+,23-/m1/s1. The molecular weight excluding hydrogens is 388 g/mol. The zero-order chi connectivity index (χ0) is 22.7. The zero-order valence-electron chi connectivity index (χ0n) is 18.5. The van der Waals surface area contributed by atoms with E-state index in [9.17, 15) is 24.9 Å². The summed E-state index contributed by atoms with van der Waals surface area (Å²) >= 11 is 0. The van der Waals surface area contributed by atoms with Gasteiger partial charge in [0.15, 0.2) is 0 Å². The Hall–Kier alpha value is -1.70. The van der Waals surface area contributed by atoms with Crippen LogP contribution in [-0.2, 0) is 19.1 Å². The van der Waals surface area contributed by atoms with Gasteiger partial charge in [-0.3, -0.25) is 9.59 Å². The Labute approximate surface area is 178 Å². The van der Waals surface area contributed by atoms with Gasteiger partial charge in [0.2, 0.25) is 0 Å². The fraction of sp³-hybridized carbons (Fsp3) is 0.739. The summed E-state index contributed by atoms with van der Waals surface area (Å²) in [5.41, 5.74) is -0.573. The molecule has 1 unspecified atom stereocenters. The summed E-state index contributed by atoms with van der Waals surface area (Å²) in [6.07, 6.45) is 2.84. The molecule has 2 aliphatic carbocycles. The molecule has 2 rings (SSSR count). The predicted molar refractivity (Wildman–Crippen MR) is 111 cm³/mol. The van der Waals surface area contributed by atoms with Crippen LogP contribution in [0.1, 0.15) is 59.3 Å². The van der Waals surface area contributed by atoms with E-state index >= 15 is 0 Å². The van der Waals surface area contributed by atoms with Crippen molar-refractivity contribution in [3.05, 3.63) is 23.8 Å². The topological polar surface area (TPSA) is 113 Å². The summed E-state index contributed by atoms with van der Waals surface area (Å²) in [4.78, 5) is 24.3. The van der Waals surface area contributed by atoms with Gasteiger partial charge in [-0.15, -0.1) is 0 Å². The lowest BCUT2D eigenvalue weighted by molar-refractivity contribution is -0.170. The molecule has 0 aromatic rings. The van der Waals surface area contributed by atoms with Gasteiger partial charge in [-0.05, 0) is 62.4 Å². The van der Waals surface area contributed by atoms with E-state index in [1.54, 1.807) is 13.0 Å². The van der Waals surface area contributed by atoms with Crippen molar-refractivity contribution in [1.82, 2.24) is 0 Å². The fourth-order valence-electron chi connectivity index (χ4n) is 5.06. The lowest BCUT2D eigenvalue weighted by Gasteiger charge is -2.47. The van der Waals surface area contributed by atoms with Crippen LogP contribution in [0.25, 0.3) is 0 Å². The number of aliphatic hydroxyl groups is 3. The zero-order valence-corrected chi connectivity index (χ0v) is 18.5. The molecule has 7 heteroatoms. The molecule has 2 aliphatic rings. The first kappa shape index (κ1) is 24.6. The smallest absolute Gasteiger partial charge is 0.312 e. The van der Waals surface area contributed by atoms with Crippen LogP contribution in [0.5, 0.6) is 0 Å². The quantitative estimate of drug-likeness (QED) is 0.424. The summed E-state index contributed by atoms with van der Waals surface area (Å²) in [6, 6.07) is 0. The van der Waals surface area contributed by atoms with Gasteiger partial charge in [-0.2, -0.15) is 0 Å². The average molecular weight is 425 g/mol. The molecule has 2 fully saturated rings. The van der Waals surface area contributed by atoms with E-state index in [1.165, 1.54) is 14.0 Å². The summed E-state index contributed by atoms with van der Waals surface area (Å²) in [5.74, 6) is -2.26. The monoisotopic (exact) mass is 424 g/mol. The summed E-state index contributed by atoms with van der Waals surface area (Å²) in [5, 5.41) is 32.3. The van der Waals surface area contributed by atoms with E-state index in [2.05, 4.69) is 6.58 Å². The average Bonchev–Trinajstić information content (AvgIpc) is 2.77. The second kappa shape index (κ2) is 9.62. The third-order valence-corrected chi connectivity index (χ3v) is 6.92. The van der Waals surface area contributed by atoms with E-state index < -0.39 is 47.0 Å². The third-order valence-electron chi connectivity index (χ3n) is 6.92.